The summed E-state index contributed by atoms with van der Waals surface area (Å²) in [6, 6.07) is 16.1. The van der Waals surface area contributed by atoms with Crippen LogP contribution in [0.2, 0.25) is 0 Å². The van der Waals surface area contributed by atoms with Gasteiger partial charge in [-0.3, -0.25) is 9.59 Å². The highest BCUT2D eigenvalue weighted by Crippen LogP contribution is 2.33. The molecule has 5 nitrogen and oxygen atoms in total. The average molecular weight is 365 g/mol. The highest BCUT2D eigenvalue weighted by molar-refractivity contribution is 6.08. The molecule has 2 amide bonds. The number of carbonyl (C=O) groups excluding carboxylic acids is 2. The monoisotopic (exact) mass is 365 g/mol. The third kappa shape index (κ3) is 4.37. The maximum absolute atomic E-state index is 12.8. The van der Waals surface area contributed by atoms with Crippen molar-refractivity contribution in [3.63, 3.8) is 0 Å². The fourth-order valence-electron chi connectivity index (χ4n) is 3.73. The van der Waals surface area contributed by atoms with E-state index >= 15 is 0 Å². The number of rotatable bonds is 6. The summed E-state index contributed by atoms with van der Waals surface area (Å²) in [5, 5.41) is 5.94. The molecule has 0 radical (unpaired) electrons. The number of carbonyl (C=O) groups is 2. The zero-order chi connectivity index (χ0) is 19.3. The fourth-order valence-corrected chi connectivity index (χ4v) is 3.73. The number of anilines is 1. The molecule has 2 aromatic rings. The number of hydrogen-bond donors (Lipinski definition) is 2. The molecule has 1 aliphatic carbocycles. The molecule has 0 aromatic heterocycles. The van der Waals surface area contributed by atoms with Crippen LogP contribution in [0.3, 0.4) is 0 Å². The predicted octanol–water partition coefficient (Wildman–Crippen LogP) is 3.54. The van der Waals surface area contributed by atoms with Crippen LogP contribution in [0, 0.1) is 0 Å². The number of para-hydroxylation sites is 1. The van der Waals surface area contributed by atoms with Gasteiger partial charge in [-0.25, -0.2) is 0 Å². The van der Waals surface area contributed by atoms with Gasteiger partial charge < -0.3 is 15.5 Å². The highest BCUT2D eigenvalue weighted by atomic mass is 16.2. The Morgan fingerprint density at radius 3 is 2.22 bits per heavy atom. The van der Waals surface area contributed by atoms with Gasteiger partial charge in [0.25, 0.3) is 11.8 Å². The molecule has 27 heavy (non-hydrogen) atoms. The Morgan fingerprint density at radius 2 is 1.56 bits per heavy atom. The van der Waals surface area contributed by atoms with E-state index in [1.165, 1.54) is 12.8 Å². The molecule has 142 valence electrons. The van der Waals surface area contributed by atoms with Crippen molar-refractivity contribution < 1.29 is 9.59 Å². The van der Waals surface area contributed by atoms with Gasteiger partial charge in [-0.05, 0) is 51.2 Å². The molecule has 1 fully saturated rings. The first-order chi connectivity index (χ1) is 13.0. The van der Waals surface area contributed by atoms with Crippen molar-refractivity contribution in [2.24, 2.45) is 0 Å². The van der Waals surface area contributed by atoms with Gasteiger partial charge in [0.2, 0.25) is 0 Å². The van der Waals surface area contributed by atoms with Crippen LogP contribution in [0.5, 0.6) is 0 Å². The molecular weight excluding hydrogens is 338 g/mol. The Balaban J connectivity index is 1.71. The Kier molecular flexibility index (Phi) is 5.91. The SMILES string of the molecule is CN(C)C1(CNC(=O)c2ccccc2NC(=O)c2ccccc2)CCCC1. The molecule has 0 spiro atoms. The van der Waals surface area contributed by atoms with Crippen molar-refractivity contribution in [3.05, 3.63) is 65.7 Å². The lowest BCUT2D eigenvalue weighted by Gasteiger charge is -2.36. The topological polar surface area (TPSA) is 61.4 Å². The summed E-state index contributed by atoms with van der Waals surface area (Å²) in [7, 11) is 4.15. The van der Waals surface area contributed by atoms with Crippen molar-refractivity contribution in [2.75, 3.05) is 26.0 Å². The van der Waals surface area contributed by atoms with Crippen molar-refractivity contribution in [2.45, 2.75) is 31.2 Å². The van der Waals surface area contributed by atoms with E-state index in [1.807, 2.05) is 30.3 Å². The first kappa shape index (κ1) is 19.1. The van der Waals surface area contributed by atoms with Gasteiger partial charge in [-0.2, -0.15) is 0 Å². The second kappa shape index (κ2) is 8.35. The summed E-state index contributed by atoms with van der Waals surface area (Å²) in [5.41, 5.74) is 1.59. The number of nitrogens with one attached hydrogen (secondary N) is 2. The predicted molar refractivity (Wildman–Crippen MR) is 108 cm³/mol. The summed E-state index contributed by atoms with van der Waals surface area (Å²) in [6.07, 6.45) is 4.56. The van der Waals surface area contributed by atoms with Crippen molar-refractivity contribution in [1.29, 1.82) is 0 Å². The van der Waals surface area contributed by atoms with Crippen LogP contribution < -0.4 is 10.6 Å². The third-order valence-corrected chi connectivity index (χ3v) is 5.52. The first-order valence-electron chi connectivity index (χ1n) is 9.43. The smallest absolute Gasteiger partial charge is 0.255 e. The summed E-state index contributed by atoms with van der Waals surface area (Å²) in [4.78, 5) is 27.5. The highest BCUT2D eigenvalue weighted by Gasteiger charge is 2.36. The number of likely N-dealkylation sites (N-methyl/N-ethyl adjacent to an activating group) is 1. The molecule has 3 rings (SSSR count). The normalized spacial score (nSPS) is 15.5. The van der Waals surface area contributed by atoms with E-state index in [0.29, 0.717) is 23.4 Å². The zero-order valence-electron chi connectivity index (χ0n) is 16.0. The zero-order valence-corrected chi connectivity index (χ0v) is 16.0. The lowest BCUT2D eigenvalue weighted by molar-refractivity contribution is 0.0901. The molecule has 0 heterocycles. The molecule has 1 aliphatic rings. The van der Waals surface area contributed by atoms with E-state index in [4.69, 9.17) is 0 Å². The van der Waals surface area contributed by atoms with E-state index in [1.54, 1.807) is 24.3 Å². The van der Waals surface area contributed by atoms with E-state index in [9.17, 15) is 9.59 Å². The summed E-state index contributed by atoms with van der Waals surface area (Å²) in [5.74, 6) is -0.386. The number of benzene rings is 2. The maximum Gasteiger partial charge on any atom is 0.255 e. The van der Waals surface area contributed by atoms with E-state index in [0.717, 1.165) is 12.8 Å². The standard InChI is InChI=1S/C22H27N3O2/c1-25(2)22(14-8-9-15-22)16-23-21(27)18-12-6-7-13-19(18)24-20(26)17-10-4-3-5-11-17/h3-7,10-13H,8-9,14-16H2,1-2H3,(H,23,27)(H,24,26). The number of nitrogens with zero attached hydrogens (tertiary/aromatic N) is 1. The van der Waals surface area contributed by atoms with Crippen molar-refractivity contribution >= 4 is 17.5 Å². The summed E-state index contributed by atoms with van der Waals surface area (Å²) in [6.45, 7) is 0.611. The van der Waals surface area contributed by atoms with Gasteiger partial charge in [0.1, 0.15) is 0 Å². The molecular formula is C22H27N3O2. The van der Waals surface area contributed by atoms with Crippen molar-refractivity contribution in [1.82, 2.24) is 10.2 Å². The van der Waals surface area contributed by atoms with Crippen molar-refractivity contribution in [3.8, 4) is 0 Å². The minimum Gasteiger partial charge on any atom is -0.350 e. The summed E-state index contributed by atoms with van der Waals surface area (Å²) >= 11 is 0. The van der Waals surface area contributed by atoms with Crippen LogP contribution in [-0.4, -0.2) is 42.9 Å². The Bertz CT molecular complexity index is 796. The van der Waals surface area contributed by atoms with Gasteiger partial charge >= 0.3 is 0 Å². The van der Waals surface area contributed by atoms with Gasteiger partial charge in [-0.1, -0.05) is 43.2 Å². The van der Waals surface area contributed by atoms with Crippen LogP contribution in [0.4, 0.5) is 5.69 Å². The largest absolute Gasteiger partial charge is 0.350 e. The summed E-state index contributed by atoms with van der Waals surface area (Å²) < 4.78 is 0. The molecule has 0 aliphatic heterocycles. The average Bonchev–Trinajstić information content (AvgIpc) is 3.18. The molecule has 0 unspecified atom stereocenters. The van der Waals surface area contributed by atoms with Gasteiger partial charge in [0, 0.05) is 17.6 Å². The molecule has 0 saturated heterocycles. The molecule has 5 heteroatoms. The number of hydrogen-bond acceptors (Lipinski definition) is 3. The Labute approximate surface area is 160 Å². The molecule has 2 aromatic carbocycles. The molecule has 1 saturated carbocycles. The minimum atomic E-state index is -0.226. The fraction of sp³-hybridized carbons (Fsp3) is 0.364. The second-order valence-corrected chi connectivity index (χ2v) is 7.37. The molecule has 2 N–H and O–H groups in total. The van der Waals surface area contributed by atoms with Crippen LogP contribution >= 0.6 is 0 Å². The van der Waals surface area contributed by atoms with E-state index in [2.05, 4.69) is 29.6 Å². The lowest BCUT2D eigenvalue weighted by atomic mass is 9.96. The number of amides is 2. The van der Waals surface area contributed by atoms with Gasteiger partial charge in [0.05, 0.1) is 11.3 Å². The molecule has 0 atom stereocenters. The van der Waals surface area contributed by atoms with Crippen LogP contribution in [0.25, 0.3) is 0 Å². The third-order valence-electron chi connectivity index (χ3n) is 5.52. The quantitative estimate of drug-likeness (QED) is 0.823. The van der Waals surface area contributed by atoms with E-state index < -0.39 is 0 Å². The maximum atomic E-state index is 12.8. The second-order valence-electron chi connectivity index (χ2n) is 7.37. The Morgan fingerprint density at radius 1 is 0.926 bits per heavy atom. The van der Waals surface area contributed by atoms with Crippen LogP contribution in [-0.2, 0) is 0 Å². The van der Waals surface area contributed by atoms with Gasteiger partial charge in [0.15, 0.2) is 0 Å². The van der Waals surface area contributed by atoms with Gasteiger partial charge in [-0.15, -0.1) is 0 Å². The first-order valence-corrected chi connectivity index (χ1v) is 9.43. The lowest BCUT2D eigenvalue weighted by Crippen LogP contribution is -2.50. The van der Waals surface area contributed by atoms with E-state index in [-0.39, 0.29) is 17.4 Å². The minimum absolute atomic E-state index is 0.0257. The molecule has 0 bridgehead atoms. The van der Waals surface area contributed by atoms with Crippen LogP contribution in [0.1, 0.15) is 46.4 Å². The Hall–Kier alpha value is -2.66. The van der Waals surface area contributed by atoms with Crippen LogP contribution in [0.15, 0.2) is 54.6 Å².